The Morgan fingerprint density at radius 2 is 2.00 bits per heavy atom. The van der Waals surface area contributed by atoms with Gasteiger partial charge < -0.3 is 10.2 Å². The van der Waals surface area contributed by atoms with E-state index in [9.17, 15) is 4.79 Å². The average Bonchev–Trinajstić information content (AvgIpc) is 1.88. The van der Waals surface area contributed by atoms with Gasteiger partial charge in [-0.3, -0.25) is 0 Å². The van der Waals surface area contributed by atoms with E-state index in [1.165, 1.54) is 25.2 Å². The van der Waals surface area contributed by atoms with Gasteiger partial charge in [0, 0.05) is 0 Å². The molecule has 0 saturated carbocycles. The van der Waals surface area contributed by atoms with Crippen molar-refractivity contribution in [1.29, 1.82) is 0 Å². The molecule has 3 heteroatoms. The van der Waals surface area contributed by atoms with Crippen molar-refractivity contribution < 1.29 is 15.0 Å². The highest BCUT2D eigenvalue weighted by Crippen LogP contribution is 2.05. The first kappa shape index (κ1) is 9.49. The first-order valence-corrected chi connectivity index (χ1v) is 3.05. The van der Waals surface area contributed by atoms with Crippen molar-refractivity contribution in [3.63, 3.8) is 0 Å². The van der Waals surface area contributed by atoms with Crippen LogP contribution in [-0.2, 0) is 4.79 Å². The van der Waals surface area contributed by atoms with Crippen LogP contribution in [0.4, 0.5) is 0 Å². The van der Waals surface area contributed by atoms with Crippen LogP contribution in [0.3, 0.4) is 0 Å². The van der Waals surface area contributed by atoms with Gasteiger partial charge >= 0.3 is 5.97 Å². The Hall–Kier alpha value is -1.51. The van der Waals surface area contributed by atoms with Gasteiger partial charge in [-0.25, -0.2) is 4.79 Å². The molecule has 0 unspecified atom stereocenters. The molecule has 0 heterocycles. The van der Waals surface area contributed by atoms with Gasteiger partial charge in [-0.2, -0.15) is 0 Å². The summed E-state index contributed by atoms with van der Waals surface area (Å²) in [5, 5.41) is 17.5. The number of carbonyl (C=O) groups is 1. The van der Waals surface area contributed by atoms with Crippen molar-refractivity contribution in [3.8, 4) is 0 Å². The zero-order valence-electron chi connectivity index (χ0n) is 6.24. The maximum absolute atomic E-state index is 10.3. The van der Waals surface area contributed by atoms with Crippen LogP contribution >= 0.6 is 0 Å². The first-order chi connectivity index (χ1) is 5.13. The van der Waals surface area contributed by atoms with Crippen LogP contribution in [0.2, 0.25) is 0 Å². The van der Waals surface area contributed by atoms with Gasteiger partial charge in [0.15, 0.2) is 0 Å². The van der Waals surface area contributed by atoms with E-state index in [1.807, 2.05) is 0 Å². The number of aliphatic hydroxyl groups excluding tert-OH is 1. The zero-order valence-corrected chi connectivity index (χ0v) is 6.24. The predicted molar refractivity (Wildman–Crippen MR) is 42.3 cm³/mol. The second-order valence-corrected chi connectivity index (χ2v) is 1.80. The molecule has 0 saturated heterocycles. The van der Waals surface area contributed by atoms with E-state index in [1.54, 1.807) is 0 Å². The molecule has 0 aromatic heterocycles. The number of hydrogen-bond acceptors (Lipinski definition) is 2. The van der Waals surface area contributed by atoms with Crippen molar-refractivity contribution in [2.24, 2.45) is 0 Å². The molecule has 0 aliphatic rings. The van der Waals surface area contributed by atoms with E-state index in [-0.39, 0.29) is 11.3 Å². The predicted octanol–water partition coefficient (Wildman–Crippen LogP) is 1.65. The highest BCUT2D eigenvalue weighted by molar-refractivity contribution is 5.90. The van der Waals surface area contributed by atoms with Gasteiger partial charge in [-0.15, -0.1) is 0 Å². The summed E-state index contributed by atoms with van der Waals surface area (Å²) in [5.41, 5.74) is -0.120. The van der Waals surface area contributed by atoms with E-state index in [0.29, 0.717) is 0 Å². The molecule has 60 valence electrons. The Labute approximate surface area is 65.0 Å². The maximum atomic E-state index is 10.3. The Kier molecular flexibility index (Phi) is 3.73. The van der Waals surface area contributed by atoms with Gasteiger partial charge in [0.05, 0.1) is 5.57 Å². The Morgan fingerprint density at radius 3 is 2.27 bits per heavy atom. The molecule has 0 rings (SSSR count). The maximum Gasteiger partial charge on any atom is 0.339 e. The van der Waals surface area contributed by atoms with Crippen molar-refractivity contribution in [2.45, 2.75) is 6.92 Å². The lowest BCUT2D eigenvalue weighted by Gasteiger charge is -1.97. The summed E-state index contributed by atoms with van der Waals surface area (Å²) in [7, 11) is 0. The molecule has 0 spiro atoms. The number of carboxylic acid groups (broad SMARTS) is 1. The molecule has 0 aliphatic heterocycles. The third kappa shape index (κ3) is 2.71. The van der Waals surface area contributed by atoms with Gasteiger partial charge in [0.1, 0.15) is 5.76 Å². The van der Waals surface area contributed by atoms with Crippen LogP contribution < -0.4 is 0 Å². The molecule has 0 radical (unpaired) electrons. The summed E-state index contributed by atoms with van der Waals surface area (Å²) in [4.78, 5) is 10.3. The standard InChI is InChI=1S/C8H10O3/c1-3-5-7(9)6(4-2)8(10)11/h3-5,9H,1H2,2H3,(H,10,11)/b6-4+,7-5+. The van der Waals surface area contributed by atoms with E-state index in [0.717, 1.165) is 0 Å². The number of aliphatic hydroxyl groups is 1. The fraction of sp³-hybridized carbons (Fsp3) is 0.125. The highest BCUT2D eigenvalue weighted by atomic mass is 16.4. The third-order valence-corrected chi connectivity index (χ3v) is 1.07. The van der Waals surface area contributed by atoms with E-state index >= 15 is 0 Å². The van der Waals surface area contributed by atoms with Gasteiger partial charge in [0.2, 0.25) is 0 Å². The van der Waals surface area contributed by atoms with E-state index < -0.39 is 5.97 Å². The molecule has 11 heavy (non-hydrogen) atoms. The van der Waals surface area contributed by atoms with Crippen LogP contribution in [0, 0.1) is 0 Å². The molecule has 0 bridgehead atoms. The van der Waals surface area contributed by atoms with Crippen molar-refractivity contribution in [2.75, 3.05) is 0 Å². The topological polar surface area (TPSA) is 57.5 Å². The molecular weight excluding hydrogens is 144 g/mol. The number of carboxylic acids is 1. The summed E-state index contributed by atoms with van der Waals surface area (Å²) in [5.74, 6) is -1.43. The van der Waals surface area contributed by atoms with Gasteiger partial charge in [-0.1, -0.05) is 18.7 Å². The second kappa shape index (κ2) is 4.33. The number of rotatable bonds is 3. The van der Waals surface area contributed by atoms with Crippen LogP contribution in [0.1, 0.15) is 6.92 Å². The van der Waals surface area contributed by atoms with Crippen LogP contribution in [0.5, 0.6) is 0 Å². The summed E-state index contributed by atoms with van der Waals surface area (Å²) in [6, 6.07) is 0. The summed E-state index contributed by atoms with van der Waals surface area (Å²) < 4.78 is 0. The van der Waals surface area contributed by atoms with Crippen LogP contribution in [0.25, 0.3) is 0 Å². The lowest BCUT2D eigenvalue weighted by molar-refractivity contribution is -0.132. The molecule has 0 fully saturated rings. The summed E-state index contributed by atoms with van der Waals surface area (Å²) in [6.45, 7) is 4.86. The molecule has 0 aliphatic carbocycles. The van der Waals surface area contributed by atoms with Crippen LogP contribution in [-0.4, -0.2) is 16.2 Å². The van der Waals surface area contributed by atoms with Crippen molar-refractivity contribution in [1.82, 2.24) is 0 Å². The Morgan fingerprint density at radius 1 is 1.45 bits per heavy atom. The normalized spacial score (nSPS) is 12.8. The Bertz CT molecular complexity index is 223. The van der Waals surface area contributed by atoms with Gasteiger partial charge in [-0.05, 0) is 13.0 Å². The van der Waals surface area contributed by atoms with Crippen molar-refractivity contribution >= 4 is 5.97 Å². The lowest BCUT2D eigenvalue weighted by atomic mass is 10.2. The summed E-state index contributed by atoms with van der Waals surface area (Å²) in [6.07, 6.45) is 3.86. The largest absolute Gasteiger partial charge is 0.507 e. The second-order valence-electron chi connectivity index (χ2n) is 1.80. The number of aliphatic carboxylic acids is 1. The highest BCUT2D eigenvalue weighted by Gasteiger charge is 2.08. The smallest absolute Gasteiger partial charge is 0.339 e. The molecule has 3 nitrogen and oxygen atoms in total. The summed E-state index contributed by atoms with van der Waals surface area (Å²) >= 11 is 0. The third-order valence-electron chi connectivity index (χ3n) is 1.07. The minimum atomic E-state index is -1.15. The first-order valence-electron chi connectivity index (χ1n) is 3.05. The zero-order chi connectivity index (χ0) is 8.85. The van der Waals surface area contributed by atoms with E-state index in [2.05, 4.69) is 6.58 Å². The molecule has 0 amide bonds. The fourth-order valence-electron chi connectivity index (χ4n) is 0.582. The molecular formula is C8H10O3. The number of hydrogen-bond donors (Lipinski definition) is 2. The van der Waals surface area contributed by atoms with Crippen molar-refractivity contribution in [3.05, 3.63) is 36.1 Å². The Balaban J connectivity index is 4.67. The lowest BCUT2D eigenvalue weighted by Crippen LogP contribution is -2.02. The molecule has 2 N–H and O–H groups in total. The molecule has 0 atom stereocenters. The number of allylic oxidation sites excluding steroid dienone is 3. The minimum absolute atomic E-state index is 0.120. The van der Waals surface area contributed by atoms with Gasteiger partial charge in [0.25, 0.3) is 0 Å². The molecule has 0 aromatic rings. The quantitative estimate of drug-likeness (QED) is 0.369. The fourth-order valence-corrected chi connectivity index (χ4v) is 0.582. The SMILES string of the molecule is C=C/C=C(O)\C(=C/C)C(=O)O. The van der Waals surface area contributed by atoms with E-state index in [4.69, 9.17) is 10.2 Å². The minimum Gasteiger partial charge on any atom is -0.507 e. The average molecular weight is 154 g/mol. The monoisotopic (exact) mass is 154 g/mol. The van der Waals surface area contributed by atoms with Crippen LogP contribution in [0.15, 0.2) is 36.1 Å². The molecule has 0 aromatic carbocycles.